The lowest BCUT2D eigenvalue weighted by Crippen LogP contribution is -2.40. The van der Waals surface area contributed by atoms with E-state index >= 15 is 0 Å². The molecule has 2 aliphatic rings. The Kier molecular flexibility index (Phi) is 5.24. The molecule has 0 atom stereocenters. The van der Waals surface area contributed by atoms with Gasteiger partial charge in [0.05, 0.1) is 4.88 Å². The van der Waals surface area contributed by atoms with E-state index in [0.717, 1.165) is 62.0 Å². The molecule has 2 aliphatic heterocycles. The van der Waals surface area contributed by atoms with E-state index in [2.05, 4.69) is 23.2 Å². The summed E-state index contributed by atoms with van der Waals surface area (Å²) in [6.07, 6.45) is 3.42. The number of fused-ring (bicyclic) bond motifs is 1. The molecule has 0 unspecified atom stereocenters. The molecular weight excluding hydrogens is 300 g/mol. The van der Waals surface area contributed by atoms with Gasteiger partial charge in [0, 0.05) is 23.7 Å². The summed E-state index contributed by atoms with van der Waals surface area (Å²) in [7, 11) is 0. The number of amides is 1. The average molecular weight is 325 g/mol. The molecule has 0 saturated carbocycles. The molecule has 5 heteroatoms. The topological polar surface area (TPSA) is 32.3 Å². The van der Waals surface area contributed by atoms with Crippen LogP contribution in [0.1, 0.15) is 39.9 Å². The number of hydrogen-bond acceptors (Lipinski definition) is 4. The van der Waals surface area contributed by atoms with Crippen LogP contribution in [0, 0.1) is 5.92 Å². The van der Waals surface area contributed by atoms with E-state index in [4.69, 9.17) is 0 Å². The summed E-state index contributed by atoms with van der Waals surface area (Å²) < 4.78 is 0. The maximum absolute atomic E-state index is 12.7. The van der Waals surface area contributed by atoms with Crippen LogP contribution >= 0.6 is 23.1 Å². The molecule has 116 valence electrons. The predicted octanol–water partition coefficient (Wildman–Crippen LogP) is 3.00. The number of thioether (sulfide) groups is 1. The number of aryl methyl sites for hydroxylation is 1. The van der Waals surface area contributed by atoms with Crippen LogP contribution in [0.5, 0.6) is 0 Å². The molecule has 3 nitrogen and oxygen atoms in total. The van der Waals surface area contributed by atoms with Gasteiger partial charge in [0.1, 0.15) is 0 Å². The summed E-state index contributed by atoms with van der Waals surface area (Å²) in [5.41, 5.74) is 1.40. The highest BCUT2D eigenvalue weighted by Gasteiger charge is 2.25. The zero-order valence-corrected chi connectivity index (χ0v) is 14.3. The van der Waals surface area contributed by atoms with Crippen molar-refractivity contribution in [1.29, 1.82) is 0 Å². The Balaban J connectivity index is 1.57. The molecule has 0 radical (unpaired) electrons. The molecule has 1 aromatic rings. The van der Waals surface area contributed by atoms with Crippen molar-refractivity contribution in [3.05, 3.63) is 21.4 Å². The third-order valence-corrected chi connectivity index (χ3v) is 6.66. The number of nitrogens with one attached hydrogen (secondary N) is 1. The second-order valence-corrected chi connectivity index (χ2v) is 8.15. The lowest BCUT2D eigenvalue weighted by Gasteiger charge is -2.31. The molecule has 0 aliphatic carbocycles. The predicted molar refractivity (Wildman–Crippen MR) is 91.4 cm³/mol. The van der Waals surface area contributed by atoms with Gasteiger partial charge in [-0.2, -0.15) is 11.8 Å². The van der Waals surface area contributed by atoms with E-state index in [9.17, 15) is 4.79 Å². The minimum Gasteiger partial charge on any atom is -0.338 e. The van der Waals surface area contributed by atoms with Gasteiger partial charge in [-0.25, -0.2) is 0 Å². The molecule has 0 spiro atoms. The lowest BCUT2D eigenvalue weighted by molar-refractivity contribution is 0.0695. The first kappa shape index (κ1) is 15.4. The maximum atomic E-state index is 12.7. The fraction of sp³-hybridized carbons (Fsp3) is 0.688. The van der Waals surface area contributed by atoms with Crippen molar-refractivity contribution >= 4 is 29.0 Å². The van der Waals surface area contributed by atoms with Gasteiger partial charge in [0.15, 0.2) is 0 Å². The van der Waals surface area contributed by atoms with Crippen molar-refractivity contribution in [2.24, 2.45) is 5.92 Å². The highest BCUT2D eigenvalue weighted by molar-refractivity contribution is 7.98. The molecule has 1 aromatic heterocycles. The number of piperidine rings is 1. The SMILES string of the molecule is CCNCC1CCN(C(=O)c2cc3c(s2)CCSC3)CC1. The number of likely N-dealkylation sites (tertiary alicyclic amines) is 1. The fourth-order valence-corrected chi connectivity index (χ4v) is 5.44. The van der Waals surface area contributed by atoms with E-state index in [1.807, 2.05) is 11.8 Å². The molecule has 1 N–H and O–H groups in total. The Labute approximate surface area is 135 Å². The first-order chi connectivity index (χ1) is 10.3. The number of carbonyl (C=O) groups excluding carboxylic acids is 1. The van der Waals surface area contributed by atoms with Gasteiger partial charge in [-0.05, 0) is 55.7 Å². The zero-order valence-electron chi connectivity index (χ0n) is 12.7. The fourth-order valence-electron chi connectivity index (χ4n) is 3.10. The van der Waals surface area contributed by atoms with Gasteiger partial charge in [-0.15, -0.1) is 11.3 Å². The van der Waals surface area contributed by atoms with Crippen LogP contribution in [0.2, 0.25) is 0 Å². The molecule has 21 heavy (non-hydrogen) atoms. The third-order valence-electron chi connectivity index (χ3n) is 4.42. The van der Waals surface area contributed by atoms with Crippen LogP contribution < -0.4 is 5.32 Å². The second kappa shape index (κ2) is 7.16. The Morgan fingerprint density at radius 1 is 1.43 bits per heavy atom. The number of nitrogens with zero attached hydrogens (tertiary/aromatic N) is 1. The molecule has 1 amide bonds. The smallest absolute Gasteiger partial charge is 0.263 e. The van der Waals surface area contributed by atoms with Crippen LogP contribution in [0.4, 0.5) is 0 Å². The molecule has 0 aromatic carbocycles. The number of carbonyl (C=O) groups is 1. The highest BCUT2D eigenvalue weighted by atomic mass is 32.2. The van der Waals surface area contributed by atoms with E-state index < -0.39 is 0 Å². The van der Waals surface area contributed by atoms with E-state index in [1.54, 1.807) is 11.3 Å². The van der Waals surface area contributed by atoms with E-state index in [-0.39, 0.29) is 5.91 Å². The number of hydrogen-bond donors (Lipinski definition) is 1. The summed E-state index contributed by atoms with van der Waals surface area (Å²) in [5, 5.41) is 3.42. The van der Waals surface area contributed by atoms with Gasteiger partial charge in [-0.3, -0.25) is 4.79 Å². The quantitative estimate of drug-likeness (QED) is 0.924. The molecule has 3 rings (SSSR count). The first-order valence-corrected chi connectivity index (χ1v) is 9.94. The van der Waals surface area contributed by atoms with Crippen LogP contribution in [-0.2, 0) is 12.2 Å². The highest BCUT2D eigenvalue weighted by Crippen LogP contribution is 2.32. The van der Waals surface area contributed by atoms with Crippen LogP contribution in [-0.4, -0.2) is 42.7 Å². The molecule has 1 saturated heterocycles. The largest absolute Gasteiger partial charge is 0.338 e. The summed E-state index contributed by atoms with van der Waals surface area (Å²) in [4.78, 5) is 17.1. The first-order valence-electron chi connectivity index (χ1n) is 7.97. The standard InChI is InChI=1S/C16H24N2OS2/c1-2-17-10-12-3-6-18(7-4-12)16(19)15-9-13-11-20-8-5-14(13)21-15/h9,12,17H,2-8,10-11H2,1H3. The summed E-state index contributed by atoms with van der Waals surface area (Å²) in [6.45, 7) is 6.13. The van der Waals surface area contributed by atoms with Crippen molar-refractivity contribution in [2.45, 2.75) is 31.9 Å². The molecule has 1 fully saturated rings. The normalized spacial score (nSPS) is 19.6. The van der Waals surface area contributed by atoms with Gasteiger partial charge >= 0.3 is 0 Å². The van der Waals surface area contributed by atoms with E-state index in [1.165, 1.54) is 16.2 Å². The third kappa shape index (κ3) is 3.63. The van der Waals surface area contributed by atoms with Crippen LogP contribution in [0.15, 0.2) is 6.07 Å². The number of thiophene rings is 1. The van der Waals surface area contributed by atoms with Crippen molar-refractivity contribution in [3.8, 4) is 0 Å². The minimum atomic E-state index is 0.265. The van der Waals surface area contributed by atoms with Gasteiger partial charge < -0.3 is 10.2 Å². The minimum absolute atomic E-state index is 0.265. The molecule has 3 heterocycles. The zero-order chi connectivity index (χ0) is 14.7. The number of rotatable bonds is 4. The Morgan fingerprint density at radius 3 is 2.95 bits per heavy atom. The van der Waals surface area contributed by atoms with Crippen molar-refractivity contribution in [3.63, 3.8) is 0 Å². The summed E-state index contributed by atoms with van der Waals surface area (Å²) >= 11 is 3.72. The summed E-state index contributed by atoms with van der Waals surface area (Å²) in [5.74, 6) is 3.30. The van der Waals surface area contributed by atoms with Gasteiger partial charge in [0.25, 0.3) is 5.91 Å². The second-order valence-electron chi connectivity index (χ2n) is 5.90. The molecular formula is C16H24N2OS2. The van der Waals surface area contributed by atoms with Gasteiger partial charge in [-0.1, -0.05) is 6.92 Å². The monoisotopic (exact) mass is 324 g/mol. The van der Waals surface area contributed by atoms with Crippen LogP contribution in [0.25, 0.3) is 0 Å². The average Bonchev–Trinajstić information content (AvgIpc) is 2.96. The van der Waals surface area contributed by atoms with Crippen molar-refractivity contribution in [2.75, 3.05) is 31.9 Å². The molecule has 0 bridgehead atoms. The Bertz CT molecular complexity index is 469. The van der Waals surface area contributed by atoms with Crippen LogP contribution in [0.3, 0.4) is 0 Å². The van der Waals surface area contributed by atoms with Gasteiger partial charge in [0.2, 0.25) is 0 Å². The van der Waals surface area contributed by atoms with Crippen molar-refractivity contribution < 1.29 is 4.79 Å². The van der Waals surface area contributed by atoms with Crippen molar-refractivity contribution in [1.82, 2.24) is 10.2 Å². The maximum Gasteiger partial charge on any atom is 0.263 e. The Morgan fingerprint density at radius 2 is 2.24 bits per heavy atom. The Hall–Kier alpha value is -0.520. The lowest BCUT2D eigenvalue weighted by atomic mass is 9.96. The van der Waals surface area contributed by atoms with E-state index in [0.29, 0.717) is 0 Å². The summed E-state index contributed by atoms with van der Waals surface area (Å²) in [6, 6.07) is 2.15.